The average molecular weight is 407 g/mol. The Morgan fingerprint density at radius 2 is 1.77 bits per heavy atom. The van der Waals surface area contributed by atoms with Crippen molar-refractivity contribution >= 4 is 22.8 Å². The molecule has 0 N–H and O–H groups in total. The smallest absolute Gasteiger partial charge is 0.307 e. The molecule has 7 nitrogen and oxygen atoms in total. The van der Waals surface area contributed by atoms with Gasteiger partial charge in [-0.25, -0.2) is 4.98 Å². The molecule has 0 aliphatic heterocycles. The number of hydrogen-bond acceptors (Lipinski definition) is 5. The monoisotopic (exact) mass is 407 g/mol. The summed E-state index contributed by atoms with van der Waals surface area (Å²) in [6.07, 6.45) is -0.659. The summed E-state index contributed by atoms with van der Waals surface area (Å²) < 4.78 is 6.76. The molecule has 0 saturated carbocycles. The summed E-state index contributed by atoms with van der Waals surface area (Å²) in [5, 5.41) is 0.509. The molecule has 3 rings (SSSR count). The third-order valence-corrected chi connectivity index (χ3v) is 4.79. The van der Waals surface area contributed by atoms with Crippen molar-refractivity contribution in [2.24, 2.45) is 0 Å². The maximum Gasteiger partial charge on any atom is 0.307 e. The summed E-state index contributed by atoms with van der Waals surface area (Å²) in [6, 6.07) is 14.7. The number of aromatic nitrogens is 2. The number of nitrogens with zero attached hydrogens (tertiary/aromatic N) is 3. The molecule has 7 heteroatoms. The van der Waals surface area contributed by atoms with Crippen LogP contribution in [0, 0.1) is 6.92 Å². The summed E-state index contributed by atoms with van der Waals surface area (Å²) in [6.45, 7) is 3.51. The van der Waals surface area contributed by atoms with Crippen LogP contribution in [0.15, 0.2) is 53.3 Å². The second-order valence-electron chi connectivity index (χ2n) is 7.39. The molecule has 0 bridgehead atoms. The number of fused-ring (bicyclic) bond motifs is 1. The van der Waals surface area contributed by atoms with E-state index in [1.807, 2.05) is 37.3 Å². The van der Waals surface area contributed by atoms with Crippen molar-refractivity contribution in [2.45, 2.75) is 32.8 Å². The number of para-hydroxylation sites is 1. The molecule has 30 heavy (non-hydrogen) atoms. The van der Waals surface area contributed by atoms with E-state index in [9.17, 15) is 14.4 Å². The molecule has 0 aliphatic carbocycles. The van der Waals surface area contributed by atoms with E-state index in [-0.39, 0.29) is 24.3 Å². The zero-order chi connectivity index (χ0) is 21.8. The van der Waals surface area contributed by atoms with Crippen LogP contribution in [0.25, 0.3) is 16.6 Å². The number of carbonyl (C=O) groups is 2. The van der Waals surface area contributed by atoms with Crippen LogP contribution in [-0.4, -0.2) is 46.5 Å². The summed E-state index contributed by atoms with van der Waals surface area (Å²) in [5.41, 5.74) is 2.14. The van der Waals surface area contributed by atoms with E-state index >= 15 is 0 Å². The predicted octanol–water partition coefficient (Wildman–Crippen LogP) is 2.65. The lowest BCUT2D eigenvalue weighted by atomic mass is 10.2. The van der Waals surface area contributed by atoms with Gasteiger partial charge in [0, 0.05) is 20.5 Å². The minimum absolute atomic E-state index is 0.00168. The zero-order valence-electron chi connectivity index (χ0n) is 17.6. The number of esters is 1. The van der Waals surface area contributed by atoms with Gasteiger partial charge >= 0.3 is 5.97 Å². The van der Waals surface area contributed by atoms with Crippen molar-refractivity contribution in [3.63, 3.8) is 0 Å². The average Bonchev–Trinajstić information content (AvgIpc) is 2.72. The maximum absolute atomic E-state index is 13.2. The van der Waals surface area contributed by atoms with E-state index in [1.165, 1.54) is 16.4 Å². The molecule has 0 radical (unpaired) electrons. The number of rotatable bonds is 6. The van der Waals surface area contributed by atoms with Crippen LogP contribution >= 0.6 is 0 Å². The van der Waals surface area contributed by atoms with Crippen LogP contribution in [0.3, 0.4) is 0 Å². The van der Waals surface area contributed by atoms with Gasteiger partial charge < -0.3 is 9.64 Å². The molecule has 1 heterocycles. The molecule has 156 valence electrons. The molecule has 1 amide bonds. The highest BCUT2D eigenvalue weighted by molar-refractivity contribution is 5.83. The maximum atomic E-state index is 13.2. The third kappa shape index (κ3) is 4.56. The Morgan fingerprint density at radius 1 is 1.10 bits per heavy atom. The fourth-order valence-electron chi connectivity index (χ4n) is 3.19. The van der Waals surface area contributed by atoms with Gasteiger partial charge in [-0.2, -0.15) is 0 Å². The van der Waals surface area contributed by atoms with Crippen LogP contribution in [0.4, 0.5) is 0 Å². The highest BCUT2D eigenvalue weighted by Crippen LogP contribution is 2.15. The summed E-state index contributed by atoms with van der Waals surface area (Å²) in [7, 11) is 3.21. The number of aryl methyl sites for hydroxylation is 2. The van der Waals surface area contributed by atoms with Crippen LogP contribution < -0.4 is 5.56 Å². The van der Waals surface area contributed by atoms with Crippen LogP contribution in [0.2, 0.25) is 0 Å². The van der Waals surface area contributed by atoms with Gasteiger partial charge in [0.15, 0.2) is 6.10 Å². The molecule has 3 aromatic rings. The number of benzene rings is 2. The van der Waals surface area contributed by atoms with Gasteiger partial charge in [-0.05, 0) is 38.1 Å². The molecular weight excluding hydrogens is 382 g/mol. The summed E-state index contributed by atoms with van der Waals surface area (Å²) in [5.74, 6) is -0.342. The minimum atomic E-state index is -0.864. The minimum Gasteiger partial charge on any atom is -0.453 e. The van der Waals surface area contributed by atoms with Gasteiger partial charge in [0.05, 0.1) is 23.0 Å². The SMILES string of the molecule is Cc1ccc(-n2c(CCC(=O)O[C@@H](C)C(=O)N(C)C)nc3ccccc3c2=O)cc1. The van der Waals surface area contributed by atoms with E-state index in [0.29, 0.717) is 22.4 Å². The van der Waals surface area contributed by atoms with Crippen molar-refractivity contribution < 1.29 is 14.3 Å². The van der Waals surface area contributed by atoms with Gasteiger partial charge in [0.25, 0.3) is 11.5 Å². The number of amides is 1. The number of hydrogen-bond donors (Lipinski definition) is 0. The first-order chi connectivity index (χ1) is 14.3. The van der Waals surface area contributed by atoms with E-state index in [2.05, 4.69) is 4.98 Å². The first-order valence-corrected chi connectivity index (χ1v) is 9.76. The zero-order valence-corrected chi connectivity index (χ0v) is 17.6. The van der Waals surface area contributed by atoms with E-state index in [1.54, 1.807) is 32.3 Å². The Bertz CT molecular complexity index is 1130. The molecular formula is C23H25N3O4. The van der Waals surface area contributed by atoms with Crippen LogP contribution in [-0.2, 0) is 20.7 Å². The number of carbonyl (C=O) groups excluding carboxylic acids is 2. The molecule has 1 atom stereocenters. The van der Waals surface area contributed by atoms with Crippen molar-refractivity contribution in [2.75, 3.05) is 14.1 Å². The lowest BCUT2D eigenvalue weighted by Crippen LogP contribution is -2.35. The highest BCUT2D eigenvalue weighted by Gasteiger charge is 2.20. The quantitative estimate of drug-likeness (QED) is 0.587. The number of likely N-dealkylation sites (N-methyl/N-ethyl adjacent to an activating group) is 1. The Morgan fingerprint density at radius 3 is 2.43 bits per heavy atom. The lowest BCUT2D eigenvalue weighted by Gasteiger charge is -2.17. The van der Waals surface area contributed by atoms with Gasteiger partial charge in [-0.15, -0.1) is 0 Å². The fourth-order valence-corrected chi connectivity index (χ4v) is 3.19. The van der Waals surface area contributed by atoms with Gasteiger partial charge in [-0.3, -0.25) is 19.0 Å². The van der Waals surface area contributed by atoms with E-state index < -0.39 is 12.1 Å². The van der Waals surface area contributed by atoms with E-state index in [0.717, 1.165) is 5.56 Å². The van der Waals surface area contributed by atoms with Crippen molar-refractivity contribution in [3.8, 4) is 5.69 Å². The molecule has 1 aromatic heterocycles. The first kappa shape index (κ1) is 21.2. The summed E-state index contributed by atoms with van der Waals surface area (Å²) >= 11 is 0. The van der Waals surface area contributed by atoms with Gasteiger partial charge in [0.1, 0.15) is 5.82 Å². The van der Waals surface area contributed by atoms with Crippen molar-refractivity contribution in [1.82, 2.24) is 14.5 Å². The Hall–Kier alpha value is -3.48. The van der Waals surface area contributed by atoms with Gasteiger partial charge in [0.2, 0.25) is 0 Å². The second-order valence-corrected chi connectivity index (χ2v) is 7.39. The highest BCUT2D eigenvalue weighted by atomic mass is 16.5. The normalized spacial score (nSPS) is 11.9. The largest absolute Gasteiger partial charge is 0.453 e. The number of ether oxygens (including phenoxy) is 1. The van der Waals surface area contributed by atoms with Gasteiger partial charge in [-0.1, -0.05) is 29.8 Å². The topological polar surface area (TPSA) is 81.5 Å². The molecule has 0 fully saturated rings. The summed E-state index contributed by atoms with van der Waals surface area (Å²) in [4.78, 5) is 43.4. The van der Waals surface area contributed by atoms with Crippen LogP contribution in [0.1, 0.15) is 24.7 Å². The van der Waals surface area contributed by atoms with Crippen molar-refractivity contribution in [1.29, 1.82) is 0 Å². The molecule has 0 spiro atoms. The van der Waals surface area contributed by atoms with Crippen molar-refractivity contribution in [3.05, 3.63) is 70.3 Å². The fraction of sp³-hybridized carbons (Fsp3) is 0.304. The Labute approximate surface area is 174 Å². The molecule has 0 unspecified atom stereocenters. The molecule has 0 aliphatic rings. The van der Waals surface area contributed by atoms with E-state index in [4.69, 9.17) is 4.74 Å². The Kier molecular flexibility index (Phi) is 6.30. The predicted molar refractivity (Wildman–Crippen MR) is 115 cm³/mol. The molecule has 0 saturated heterocycles. The molecule has 2 aromatic carbocycles. The first-order valence-electron chi connectivity index (χ1n) is 9.76. The third-order valence-electron chi connectivity index (χ3n) is 4.79. The standard InChI is InChI=1S/C23H25N3O4/c1-15-9-11-17(12-10-15)26-20(24-19-8-6-5-7-18(19)23(26)29)13-14-21(27)30-16(2)22(28)25(3)4/h5-12,16H,13-14H2,1-4H3/t16-/m0/s1. The second kappa shape index (κ2) is 8.90. The lowest BCUT2D eigenvalue weighted by molar-refractivity contribution is -0.157. The Balaban J connectivity index is 1.92. The van der Waals surface area contributed by atoms with Crippen LogP contribution in [0.5, 0.6) is 0 Å².